The van der Waals surface area contributed by atoms with Crippen LogP contribution in [0, 0.1) is 5.41 Å². The molecule has 0 spiro atoms. The minimum absolute atomic E-state index is 0.154. The number of amides is 1. The number of hydrogen-bond acceptors (Lipinski definition) is 4. The molecule has 1 heterocycles. The van der Waals surface area contributed by atoms with Crippen molar-refractivity contribution >= 4 is 46.3 Å². The lowest BCUT2D eigenvalue weighted by molar-refractivity contribution is 0.0639. The van der Waals surface area contributed by atoms with Crippen molar-refractivity contribution in [3.8, 4) is 16.8 Å². The van der Waals surface area contributed by atoms with Crippen LogP contribution in [-0.4, -0.2) is 21.2 Å². The van der Waals surface area contributed by atoms with Gasteiger partial charge in [-0.3, -0.25) is 9.98 Å². The monoisotopic (exact) mass is 530 g/mol. The average Bonchev–Trinajstić information content (AvgIpc) is 3.16. The molecule has 0 aliphatic carbocycles. The largest absolute Gasteiger partial charge is 0.412 e. The summed E-state index contributed by atoms with van der Waals surface area (Å²) in [6.07, 6.45) is -1.19. The number of primary amides is 1. The highest BCUT2D eigenvalue weighted by atomic mass is 35.5. The van der Waals surface area contributed by atoms with Gasteiger partial charge in [-0.15, -0.1) is 0 Å². The van der Waals surface area contributed by atoms with E-state index in [2.05, 4.69) is 4.74 Å². The summed E-state index contributed by atoms with van der Waals surface area (Å²) in [5.41, 5.74) is 10.0. The molecule has 0 saturated heterocycles. The van der Waals surface area contributed by atoms with Crippen molar-refractivity contribution in [1.82, 2.24) is 9.13 Å². The van der Waals surface area contributed by atoms with Crippen molar-refractivity contribution in [3.63, 3.8) is 0 Å². The molecular weight excluding hydrogens is 511 g/mol. The molecule has 37 heavy (non-hydrogen) atoms. The van der Waals surface area contributed by atoms with Crippen LogP contribution in [0.5, 0.6) is 0 Å². The maximum Gasteiger partial charge on any atom is 0.412 e. The molecule has 4 aromatic carbocycles. The number of para-hydroxylation sites is 2. The molecule has 1 amide bonds. The summed E-state index contributed by atoms with van der Waals surface area (Å²) in [5, 5.41) is 10.1. The Morgan fingerprint density at radius 2 is 1.54 bits per heavy atom. The van der Waals surface area contributed by atoms with Gasteiger partial charge in [-0.1, -0.05) is 65.7 Å². The molecule has 0 radical (unpaired) electrons. The number of nitrogens with two attached hydrogens (primary N) is 1. The van der Waals surface area contributed by atoms with E-state index in [4.69, 9.17) is 34.3 Å². The third kappa shape index (κ3) is 4.74. The number of nitrogens with zero attached hydrogens (tertiary/aromatic N) is 2. The zero-order chi connectivity index (χ0) is 26.1. The minimum atomic E-state index is -1.19. The van der Waals surface area contributed by atoms with Crippen LogP contribution in [-0.2, 0) is 11.3 Å². The summed E-state index contributed by atoms with van der Waals surface area (Å²) in [5.74, 6) is -0.867. The zero-order valence-electron chi connectivity index (χ0n) is 19.3. The number of aromatic nitrogens is 2. The van der Waals surface area contributed by atoms with Gasteiger partial charge in [0.25, 0.3) is 0 Å². The molecule has 1 aromatic heterocycles. The van der Waals surface area contributed by atoms with Gasteiger partial charge < -0.3 is 15.0 Å². The van der Waals surface area contributed by atoms with Crippen molar-refractivity contribution in [1.29, 1.82) is 5.41 Å². The minimum Gasteiger partial charge on any atom is -0.373 e. The number of carbonyl (C=O) groups excluding carboxylic acids is 2. The Bertz CT molecular complexity index is 1720. The predicted octanol–water partition coefficient (Wildman–Crippen LogP) is 6.17. The van der Waals surface area contributed by atoms with E-state index in [9.17, 15) is 9.59 Å². The fourth-order valence-electron chi connectivity index (χ4n) is 4.32. The van der Waals surface area contributed by atoms with Crippen LogP contribution in [0.4, 0.5) is 4.79 Å². The molecule has 0 aliphatic heterocycles. The van der Waals surface area contributed by atoms with Gasteiger partial charge in [-0.2, -0.15) is 0 Å². The van der Waals surface area contributed by atoms with Gasteiger partial charge in [-0.05, 0) is 65.2 Å². The SMILES string of the molecule is N=c1n(Cc2ccccc2Cl)c2ccccc2n1-c1ccc(-c2cc(Cl)ccc2C(=O)OC(N)=O)cc1. The van der Waals surface area contributed by atoms with E-state index in [1.54, 1.807) is 6.07 Å². The molecule has 5 rings (SSSR count). The highest BCUT2D eigenvalue weighted by Crippen LogP contribution is 2.29. The average molecular weight is 531 g/mol. The number of carbonyl (C=O) groups is 2. The third-order valence-electron chi connectivity index (χ3n) is 6.00. The Morgan fingerprint density at radius 3 is 2.24 bits per heavy atom. The molecular formula is C28H20Cl2N4O3. The van der Waals surface area contributed by atoms with E-state index < -0.39 is 12.1 Å². The van der Waals surface area contributed by atoms with Gasteiger partial charge in [0.05, 0.1) is 23.1 Å². The first kappa shape index (κ1) is 24.4. The van der Waals surface area contributed by atoms with Crippen LogP contribution in [0.2, 0.25) is 10.0 Å². The quantitative estimate of drug-likeness (QED) is 0.209. The molecule has 5 aromatic rings. The van der Waals surface area contributed by atoms with Gasteiger partial charge in [0.2, 0.25) is 5.62 Å². The van der Waals surface area contributed by atoms with E-state index in [-0.39, 0.29) is 11.2 Å². The summed E-state index contributed by atoms with van der Waals surface area (Å²) in [6.45, 7) is 0.442. The lowest BCUT2D eigenvalue weighted by Gasteiger charge is -2.11. The standard InChI is InChI=1S/C28H20Cl2N4O3/c29-19-11-14-21(26(35)37-28(32)36)22(15-19)17-9-12-20(13-10-17)34-25-8-4-3-7-24(25)33(27(34)31)16-18-5-1-2-6-23(18)30/h1-15,31H,16H2,(H2,32,36). The van der Waals surface area contributed by atoms with Crippen LogP contribution < -0.4 is 11.4 Å². The van der Waals surface area contributed by atoms with E-state index >= 15 is 0 Å². The van der Waals surface area contributed by atoms with Gasteiger partial charge >= 0.3 is 12.1 Å². The van der Waals surface area contributed by atoms with E-state index in [0.29, 0.717) is 27.7 Å². The predicted molar refractivity (Wildman–Crippen MR) is 143 cm³/mol. The molecule has 184 valence electrons. The van der Waals surface area contributed by atoms with Crippen LogP contribution in [0.3, 0.4) is 0 Å². The molecule has 7 nitrogen and oxygen atoms in total. The number of benzene rings is 4. The summed E-state index contributed by atoms with van der Waals surface area (Å²) < 4.78 is 8.32. The molecule has 0 saturated carbocycles. The lowest BCUT2D eigenvalue weighted by atomic mass is 9.99. The molecule has 0 atom stereocenters. The fourth-order valence-corrected chi connectivity index (χ4v) is 4.69. The topological polar surface area (TPSA) is 103 Å². The number of ether oxygens (including phenoxy) is 1. The van der Waals surface area contributed by atoms with Gasteiger partial charge in [-0.25, -0.2) is 9.59 Å². The fraction of sp³-hybridized carbons (Fsp3) is 0.0357. The Balaban J connectivity index is 1.58. The summed E-state index contributed by atoms with van der Waals surface area (Å²) in [7, 11) is 0. The van der Waals surface area contributed by atoms with Gasteiger partial charge in [0.1, 0.15) is 0 Å². The Morgan fingerprint density at radius 1 is 0.865 bits per heavy atom. The number of nitrogens with one attached hydrogen (secondary N) is 1. The Kier molecular flexibility index (Phi) is 6.56. The second-order valence-electron chi connectivity index (χ2n) is 8.27. The summed E-state index contributed by atoms with van der Waals surface area (Å²) in [4.78, 5) is 23.5. The number of fused-ring (bicyclic) bond motifs is 1. The number of hydrogen-bond donors (Lipinski definition) is 2. The molecule has 0 bridgehead atoms. The van der Waals surface area contributed by atoms with E-state index in [0.717, 1.165) is 22.3 Å². The smallest absolute Gasteiger partial charge is 0.373 e. The number of halogens is 2. The highest BCUT2D eigenvalue weighted by Gasteiger charge is 2.18. The van der Waals surface area contributed by atoms with Gasteiger partial charge in [0, 0.05) is 15.7 Å². The molecule has 0 unspecified atom stereocenters. The van der Waals surface area contributed by atoms with Crippen molar-refractivity contribution in [2.45, 2.75) is 6.54 Å². The Hall–Kier alpha value is -4.33. The Labute approximate surface area is 221 Å². The van der Waals surface area contributed by atoms with E-state index in [1.165, 1.54) is 12.1 Å². The van der Waals surface area contributed by atoms with Crippen LogP contribution in [0.25, 0.3) is 27.8 Å². The number of rotatable bonds is 5. The van der Waals surface area contributed by atoms with E-state index in [1.807, 2.05) is 81.9 Å². The van der Waals surface area contributed by atoms with Gasteiger partial charge in [0.15, 0.2) is 0 Å². The second kappa shape index (κ2) is 9.97. The maximum absolute atomic E-state index is 12.4. The summed E-state index contributed by atoms with van der Waals surface area (Å²) in [6, 6.07) is 27.3. The van der Waals surface area contributed by atoms with Crippen LogP contribution in [0.15, 0.2) is 91.0 Å². The zero-order valence-corrected chi connectivity index (χ0v) is 20.8. The molecule has 0 aliphatic rings. The maximum atomic E-state index is 12.4. The van der Waals surface area contributed by atoms with Crippen molar-refractivity contribution in [3.05, 3.63) is 118 Å². The highest BCUT2D eigenvalue weighted by molar-refractivity contribution is 6.31. The van der Waals surface area contributed by atoms with Crippen molar-refractivity contribution < 1.29 is 14.3 Å². The first-order chi connectivity index (χ1) is 17.8. The van der Waals surface area contributed by atoms with Crippen LogP contribution in [0.1, 0.15) is 15.9 Å². The third-order valence-corrected chi connectivity index (χ3v) is 6.60. The first-order valence-electron chi connectivity index (χ1n) is 11.2. The lowest BCUT2D eigenvalue weighted by Crippen LogP contribution is -2.24. The molecule has 3 N–H and O–H groups in total. The van der Waals surface area contributed by atoms with Crippen molar-refractivity contribution in [2.24, 2.45) is 5.73 Å². The summed E-state index contributed by atoms with van der Waals surface area (Å²) >= 11 is 12.6. The van der Waals surface area contributed by atoms with Crippen molar-refractivity contribution in [2.75, 3.05) is 0 Å². The molecule has 0 fully saturated rings. The van der Waals surface area contributed by atoms with Crippen LogP contribution >= 0.6 is 23.2 Å². The molecule has 9 heteroatoms. The first-order valence-corrected chi connectivity index (χ1v) is 12.0. The normalized spacial score (nSPS) is 11.0. The second-order valence-corrected chi connectivity index (χ2v) is 9.11. The number of imidazole rings is 1. The number of esters is 1.